The van der Waals surface area contributed by atoms with Gasteiger partial charge in [-0.2, -0.15) is 0 Å². The lowest BCUT2D eigenvalue weighted by Crippen LogP contribution is -1.82. The molecule has 0 saturated carbocycles. The first kappa shape index (κ1) is 12.7. The average Bonchev–Trinajstić information content (AvgIpc) is 2.59. The maximum Gasteiger partial charge on any atom is 0.0702 e. The van der Waals surface area contributed by atoms with Crippen molar-refractivity contribution < 1.29 is 0 Å². The minimum Gasteiger partial charge on any atom is -0.256 e. The van der Waals surface area contributed by atoms with Gasteiger partial charge in [-0.3, -0.25) is 9.97 Å². The Hall–Kier alpha value is -3.00. The summed E-state index contributed by atoms with van der Waals surface area (Å²) in [5, 5.41) is 2.31. The quantitative estimate of drug-likeness (QED) is 0.519. The molecule has 0 amide bonds. The third kappa shape index (κ3) is 2.47. The molecule has 0 N–H and O–H groups in total. The van der Waals surface area contributed by atoms with E-state index in [0.29, 0.717) is 0 Å². The van der Waals surface area contributed by atoms with Crippen molar-refractivity contribution in [2.45, 2.75) is 0 Å². The molecule has 0 atom stereocenters. The first-order valence-electron chi connectivity index (χ1n) is 7.26. The number of para-hydroxylation sites is 2. The number of benzene rings is 2. The van der Waals surface area contributed by atoms with E-state index in [9.17, 15) is 0 Å². The zero-order valence-electron chi connectivity index (χ0n) is 12.0. The fourth-order valence-electron chi connectivity index (χ4n) is 2.55. The van der Waals surface area contributed by atoms with Crippen LogP contribution in [0.5, 0.6) is 0 Å². The van der Waals surface area contributed by atoms with E-state index in [1.54, 1.807) is 0 Å². The highest BCUT2D eigenvalue weighted by atomic mass is 14.7. The van der Waals surface area contributed by atoms with Crippen LogP contribution in [0.1, 0.15) is 11.1 Å². The molecule has 0 unspecified atom stereocenters. The van der Waals surface area contributed by atoms with Gasteiger partial charge in [-0.15, -0.1) is 0 Å². The summed E-state index contributed by atoms with van der Waals surface area (Å²) in [5.41, 5.74) is 4.22. The normalized spacial score (nSPS) is 11.5. The van der Waals surface area contributed by atoms with Gasteiger partial charge in [0, 0.05) is 23.2 Å². The molecule has 0 aliphatic heterocycles. The Bertz CT molecular complexity index is 905. The fraction of sp³-hybridized carbons (Fsp3) is 0. The first-order valence-corrected chi connectivity index (χ1v) is 7.26. The van der Waals surface area contributed by atoms with E-state index in [4.69, 9.17) is 0 Å². The topological polar surface area (TPSA) is 25.8 Å². The van der Waals surface area contributed by atoms with E-state index >= 15 is 0 Å². The minimum absolute atomic E-state index is 1.02. The number of rotatable bonds is 2. The highest BCUT2D eigenvalue weighted by Crippen LogP contribution is 2.17. The molecule has 2 heteroatoms. The van der Waals surface area contributed by atoms with Crippen LogP contribution < -0.4 is 0 Å². The lowest BCUT2D eigenvalue weighted by molar-refractivity contribution is 1.39. The van der Waals surface area contributed by atoms with Crippen LogP contribution in [0.25, 0.3) is 34.0 Å². The van der Waals surface area contributed by atoms with Crippen molar-refractivity contribution in [2.75, 3.05) is 0 Å². The summed E-state index contributed by atoms with van der Waals surface area (Å²) in [4.78, 5) is 8.95. The molecule has 2 aromatic heterocycles. The number of aromatic nitrogens is 2. The van der Waals surface area contributed by atoms with Gasteiger partial charge in [0.05, 0.1) is 11.0 Å². The third-order valence-electron chi connectivity index (χ3n) is 3.69. The molecule has 4 rings (SSSR count). The lowest BCUT2D eigenvalue weighted by Gasteiger charge is -2.00. The Labute approximate surface area is 128 Å². The molecule has 0 spiro atoms. The summed E-state index contributed by atoms with van der Waals surface area (Å²) in [7, 11) is 0. The van der Waals surface area contributed by atoms with Crippen LogP contribution in [-0.2, 0) is 0 Å². The second-order valence-corrected chi connectivity index (χ2v) is 5.26. The molecule has 2 heterocycles. The molecular formula is C20H14N2. The molecule has 2 nitrogen and oxygen atoms in total. The molecular weight excluding hydrogens is 268 g/mol. The molecule has 0 aliphatic carbocycles. The van der Waals surface area contributed by atoms with Gasteiger partial charge in [-0.25, -0.2) is 0 Å². The molecule has 0 saturated heterocycles. The summed E-state index contributed by atoms with van der Waals surface area (Å²) in [6.07, 6.45) is 7.94. The third-order valence-corrected chi connectivity index (χ3v) is 3.69. The van der Waals surface area contributed by atoms with Gasteiger partial charge in [0.2, 0.25) is 0 Å². The van der Waals surface area contributed by atoms with Crippen LogP contribution in [0, 0.1) is 0 Å². The zero-order valence-corrected chi connectivity index (χ0v) is 12.0. The van der Waals surface area contributed by atoms with Gasteiger partial charge in [0.1, 0.15) is 0 Å². The number of nitrogens with zero attached hydrogens (tertiary/aromatic N) is 2. The van der Waals surface area contributed by atoms with E-state index in [0.717, 1.165) is 32.9 Å². The molecule has 22 heavy (non-hydrogen) atoms. The standard InChI is InChI=1S/C20H14N2/c1-3-7-19-17(5-1)11-15(13-21-19)9-10-16-12-18-6-2-4-8-20(18)22-14-16/h1-14H. The largest absolute Gasteiger partial charge is 0.256 e. The summed E-state index contributed by atoms with van der Waals surface area (Å²) >= 11 is 0. The molecule has 0 aliphatic rings. The lowest BCUT2D eigenvalue weighted by atomic mass is 10.1. The van der Waals surface area contributed by atoms with Crippen LogP contribution in [0.15, 0.2) is 73.1 Å². The van der Waals surface area contributed by atoms with E-state index < -0.39 is 0 Å². The van der Waals surface area contributed by atoms with Crippen molar-refractivity contribution in [3.63, 3.8) is 0 Å². The minimum atomic E-state index is 1.02. The Balaban J connectivity index is 1.68. The predicted molar refractivity (Wildman–Crippen MR) is 92.4 cm³/mol. The number of fused-ring (bicyclic) bond motifs is 2. The van der Waals surface area contributed by atoms with Crippen molar-refractivity contribution >= 4 is 34.0 Å². The van der Waals surface area contributed by atoms with Crippen molar-refractivity contribution in [1.29, 1.82) is 0 Å². The average molecular weight is 282 g/mol. The summed E-state index contributed by atoms with van der Waals surface area (Å²) in [6.45, 7) is 0. The van der Waals surface area contributed by atoms with Gasteiger partial charge in [-0.05, 0) is 35.4 Å². The molecule has 0 bridgehead atoms. The summed E-state index contributed by atoms with van der Waals surface area (Å²) in [5.74, 6) is 0. The molecule has 0 fully saturated rings. The second-order valence-electron chi connectivity index (χ2n) is 5.26. The molecule has 0 radical (unpaired) electrons. The monoisotopic (exact) mass is 282 g/mol. The second kappa shape index (κ2) is 5.41. The summed E-state index contributed by atoms with van der Waals surface area (Å²) < 4.78 is 0. The highest BCUT2D eigenvalue weighted by molar-refractivity contribution is 5.84. The fourth-order valence-corrected chi connectivity index (χ4v) is 2.55. The van der Waals surface area contributed by atoms with E-state index in [2.05, 4.69) is 46.4 Å². The maximum atomic E-state index is 4.48. The van der Waals surface area contributed by atoms with Crippen molar-refractivity contribution in [3.8, 4) is 0 Å². The van der Waals surface area contributed by atoms with Crippen molar-refractivity contribution in [2.24, 2.45) is 0 Å². The molecule has 4 aromatic rings. The number of pyridine rings is 2. The van der Waals surface area contributed by atoms with Crippen molar-refractivity contribution in [3.05, 3.63) is 84.2 Å². The summed E-state index contributed by atoms with van der Waals surface area (Å²) in [6, 6.07) is 20.6. The zero-order chi connectivity index (χ0) is 14.8. The highest BCUT2D eigenvalue weighted by Gasteiger charge is 1.96. The van der Waals surface area contributed by atoms with E-state index in [1.165, 1.54) is 0 Å². The smallest absolute Gasteiger partial charge is 0.0702 e. The number of hydrogen-bond donors (Lipinski definition) is 0. The Morgan fingerprint density at radius 2 is 1.05 bits per heavy atom. The Kier molecular flexibility index (Phi) is 3.13. The van der Waals surface area contributed by atoms with Gasteiger partial charge >= 0.3 is 0 Å². The van der Waals surface area contributed by atoms with Crippen LogP contribution in [0.3, 0.4) is 0 Å². The maximum absolute atomic E-state index is 4.48. The van der Waals surface area contributed by atoms with Gasteiger partial charge in [0.25, 0.3) is 0 Å². The molecule has 2 aromatic carbocycles. The predicted octanol–water partition coefficient (Wildman–Crippen LogP) is 4.95. The Morgan fingerprint density at radius 1 is 0.591 bits per heavy atom. The SMILES string of the molecule is C(=Cc1cnc2ccccc2c1)c1cnc2ccccc2c1. The Morgan fingerprint density at radius 3 is 1.55 bits per heavy atom. The van der Waals surface area contributed by atoms with Gasteiger partial charge < -0.3 is 0 Å². The van der Waals surface area contributed by atoms with Crippen molar-refractivity contribution in [1.82, 2.24) is 9.97 Å². The van der Waals surface area contributed by atoms with Crippen LogP contribution >= 0.6 is 0 Å². The van der Waals surface area contributed by atoms with E-state index in [-0.39, 0.29) is 0 Å². The molecule has 104 valence electrons. The van der Waals surface area contributed by atoms with Gasteiger partial charge in [-0.1, -0.05) is 48.6 Å². The van der Waals surface area contributed by atoms with Crippen LogP contribution in [0.2, 0.25) is 0 Å². The van der Waals surface area contributed by atoms with Crippen LogP contribution in [0.4, 0.5) is 0 Å². The van der Waals surface area contributed by atoms with Gasteiger partial charge in [0.15, 0.2) is 0 Å². The first-order chi connectivity index (χ1) is 10.9. The van der Waals surface area contributed by atoms with E-state index in [1.807, 2.05) is 48.8 Å². The number of hydrogen-bond acceptors (Lipinski definition) is 2. The van der Waals surface area contributed by atoms with Crippen LogP contribution in [-0.4, -0.2) is 9.97 Å².